The van der Waals surface area contributed by atoms with Crippen LogP contribution in [0.3, 0.4) is 0 Å². The van der Waals surface area contributed by atoms with E-state index in [2.05, 4.69) is 17.1 Å². The Hall–Kier alpha value is 0.310. The summed E-state index contributed by atoms with van der Waals surface area (Å²) in [5.74, 6) is 2.71. The molecule has 1 rings (SSSR count). The molecule has 1 N–H and O–H groups in total. The molecule has 1 aliphatic rings. The Kier molecular flexibility index (Phi) is 3.39. The molecule has 0 bridgehead atoms. The molecular formula is C6H13NS. The van der Waals surface area contributed by atoms with Crippen LogP contribution in [0.2, 0.25) is 0 Å². The van der Waals surface area contributed by atoms with E-state index in [-0.39, 0.29) is 0 Å². The molecule has 2 heteroatoms. The summed E-state index contributed by atoms with van der Waals surface area (Å²) in [6, 6.07) is 0. The predicted molar refractivity (Wildman–Crippen MR) is 39.4 cm³/mol. The second kappa shape index (κ2) is 4.21. The Morgan fingerprint density at radius 1 is 1.00 bits per heavy atom. The first-order valence-corrected chi connectivity index (χ1v) is 4.44. The third kappa shape index (κ3) is 2.58. The van der Waals surface area contributed by atoms with E-state index in [4.69, 9.17) is 0 Å². The SMILES string of the molecule is C1CNCCCSC1. The molecule has 8 heavy (non-hydrogen) atoms. The molecule has 0 spiro atoms. The maximum Gasteiger partial charge on any atom is -0.00410 e. The highest BCUT2D eigenvalue weighted by Crippen LogP contribution is 2.04. The zero-order valence-corrected chi connectivity index (χ0v) is 5.97. The molecule has 1 fully saturated rings. The Bertz CT molecular complexity index is 32.5. The van der Waals surface area contributed by atoms with Crippen molar-refractivity contribution in [1.82, 2.24) is 5.32 Å². The third-order valence-corrected chi connectivity index (χ3v) is 2.44. The third-order valence-electron chi connectivity index (χ3n) is 1.28. The minimum Gasteiger partial charge on any atom is -0.317 e. The highest BCUT2D eigenvalue weighted by Gasteiger charge is 1.94. The molecule has 0 aliphatic carbocycles. The minimum absolute atomic E-state index is 1.23. The lowest BCUT2D eigenvalue weighted by atomic mass is 10.4. The van der Waals surface area contributed by atoms with Crippen molar-refractivity contribution in [3.05, 3.63) is 0 Å². The van der Waals surface area contributed by atoms with Crippen LogP contribution in [-0.2, 0) is 0 Å². The van der Waals surface area contributed by atoms with Crippen molar-refractivity contribution >= 4 is 11.8 Å². The van der Waals surface area contributed by atoms with Crippen LogP contribution in [0.5, 0.6) is 0 Å². The van der Waals surface area contributed by atoms with E-state index in [1.54, 1.807) is 0 Å². The van der Waals surface area contributed by atoms with Crippen LogP contribution >= 0.6 is 11.8 Å². The Labute approximate surface area is 55.2 Å². The fourth-order valence-electron chi connectivity index (χ4n) is 0.826. The zero-order valence-electron chi connectivity index (χ0n) is 5.15. The first-order valence-electron chi connectivity index (χ1n) is 3.28. The second-order valence-electron chi connectivity index (χ2n) is 2.07. The van der Waals surface area contributed by atoms with Gasteiger partial charge in [-0.05, 0) is 37.4 Å². The van der Waals surface area contributed by atoms with Crippen LogP contribution in [0.1, 0.15) is 12.8 Å². The van der Waals surface area contributed by atoms with E-state index in [1.165, 1.54) is 37.4 Å². The largest absolute Gasteiger partial charge is 0.317 e. The van der Waals surface area contributed by atoms with E-state index in [1.807, 2.05) is 0 Å². The topological polar surface area (TPSA) is 12.0 Å². The Morgan fingerprint density at radius 3 is 2.25 bits per heavy atom. The number of thioether (sulfide) groups is 1. The van der Waals surface area contributed by atoms with Gasteiger partial charge in [0.1, 0.15) is 0 Å². The maximum absolute atomic E-state index is 3.37. The van der Waals surface area contributed by atoms with Crippen LogP contribution < -0.4 is 5.32 Å². The van der Waals surface area contributed by atoms with Gasteiger partial charge < -0.3 is 5.32 Å². The summed E-state index contributed by atoms with van der Waals surface area (Å²) in [6.45, 7) is 2.46. The molecule has 0 radical (unpaired) electrons. The van der Waals surface area contributed by atoms with Gasteiger partial charge in [0.15, 0.2) is 0 Å². The van der Waals surface area contributed by atoms with Gasteiger partial charge >= 0.3 is 0 Å². The van der Waals surface area contributed by atoms with E-state index in [0.29, 0.717) is 0 Å². The number of hydrogen-bond donors (Lipinski definition) is 1. The molecule has 1 aliphatic heterocycles. The van der Waals surface area contributed by atoms with Crippen LogP contribution in [0, 0.1) is 0 Å². The van der Waals surface area contributed by atoms with Gasteiger partial charge in [0, 0.05) is 0 Å². The molecular weight excluding hydrogens is 118 g/mol. The average molecular weight is 131 g/mol. The van der Waals surface area contributed by atoms with Gasteiger partial charge in [0.05, 0.1) is 0 Å². The van der Waals surface area contributed by atoms with E-state index in [0.717, 1.165) is 0 Å². The lowest BCUT2D eigenvalue weighted by molar-refractivity contribution is 0.659. The van der Waals surface area contributed by atoms with Crippen molar-refractivity contribution < 1.29 is 0 Å². The molecule has 0 atom stereocenters. The molecule has 0 aromatic carbocycles. The highest BCUT2D eigenvalue weighted by molar-refractivity contribution is 7.99. The Balaban J connectivity index is 2.00. The summed E-state index contributed by atoms with van der Waals surface area (Å²) in [6.07, 6.45) is 2.70. The Morgan fingerprint density at radius 2 is 1.62 bits per heavy atom. The first-order chi connectivity index (χ1) is 4.00. The van der Waals surface area contributed by atoms with E-state index < -0.39 is 0 Å². The lowest BCUT2D eigenvalue weighted by Crippen LogP contribution is -2.19. The molecule has 0 unspecified atom stereocenters. The molecule has 0 saturated carbocycles. The summed E-state index contributed by atoms with van der Waals surface area (Å²) in [4.78, 5) is 0. The quantitative estimate of drug-likeness (QED) is 0.528. The standard InChI is InChI=1S/C6H13NS/c1-3-7-4-2-6-8-5-1/h7H,1-6H2. The monoisotopic (exact) mass is 131 g/mol. The minimum atomic E-state index is 1.23. The number of nitrogens with one attached hydrogen (secondary N) is 1. The highest BCUT2D eigenvalue weighted by atomic mass is 32.2. The van der Waals surface area contributed by atoms with Gasteiger partial charge in [0.2, 0.25) is 0 Å². The van der Waals surface area contributed by atoms with E-state index in [9.17, 15) is 0 Å². The van der Waals surface area contributed by atoms with Crippen LogP contribution in [-0.4, -0.2) is 24.6 Å². The summed E-state index contributed by atoms with van der Waals surface area (Å²) >= 11 is 2.09. The molecule has 0 aromatic heterocycles. The molecule has 1 heterocycles. The van der Waals surface area contributed by atoms with Crippen LogP contribution in [0.15, 0.2) is 0 Å². The van der Waals surface area contributed by atoms with E-state index >= 15 is 0 Å². The second-order valence-corrected chi connectivity index (χ2v) is 3.29. The van der Waals surface area contributed by atoms with Crippen LogP contribution in [0.4, 0.5) is 0 Å². The summed E-state index contributed by atoms with van der Waals surface area (Å²) < 4.78 is 0. The molecule has 0 aromatic rings. The number of rotatable bonds is 0. The van der Waals surface area contributed by atoms with Gasteiger partial charge in [-0.25, -0.2) is 0 Å². The molecule has 1 saturated heterocycles. The molecule has 0 amide bonds. The zero-order chi connectivity index (χ0) is 5.66. The van der Waals surface area contributed by atoms with Crippen molar-refractivity contribution in [2.24, 2.45) is 0 Å². The normalized spacial score (nSPS) is 24.0. The fraction of sp³-hybridized carbons (Fsp3) is 1.00. The van der Waals surface area contributed by atoms with Gasteiger partial charge in [-0.3, -0.25) is 0 Å². The lowest BCUT2D eigenvalue weighted by Gasteiger charge is -2.08. The molecule has 48 valence electrons. The van der Waals surface area contributed by atoms with Crippen molar-refractivity contribution in [2.45, 2.75) is 12.8 Å². The summed E-state index contributed by atoms with van der Waals surface area (Å²) in [5.41, 5.74) is 0. The number of hydrogen-bond acceptors (Lipinski definition) is 2. The smallest absolute Gasteiger partial charge is 0.00410 e. The van der Waals surface area contributed by atoms with Crippen molar-refractivity contribution in [1.29, 1.82) is 0 Å². The summed E-state index contributed by atoms with van der Waals surface area (Å²) in [7, 11) is 0. The summed E-state index contributed by atoms with van der Waals surface area (Å²) in [5, 5.41) is 3.37. The van der Waals surface area contributed by atoms with Gasteiger partial charge in [-0.2, -0.15) is 11.8 Å². The predicted octanol–water partition coefficient (Wildman–Crippen LogP) is 1.10. The van der Waals surface area contributed by atoms with Crippen molar-refractivity contribution in [3.63, 3.8) is 0 Å². The maximum atomic E-state index is 3.37. The van der Waals surface area contributed by atoms with Crippen molar-refractivity contribution in [2.75, 3.05) is 24.6 Å². The van der Waals surface area contributed by atoms with Crippen LogP contribution in [0.25, 0.3) is 0 Å². The van der Waals surface area contributed by atoms with Crippen molar-refractivity contribution in [3.8, 4) is 0 Å². The molecule has 1 nitrogen and oxygen atoms in total. The van der Waals surface area contributed by atoms with Gasteiger partial charge in [-0.1, -0.05) is 0 Å². The fourth-order valence-corrected chi connectivity index (χ4v) is 1.73. The first kappa shape index (κ1) is 6.43. The van der Waals surface area contributed by atoms with Gasteiger partial charge in [-0.15, -0.1) is 0 Å². The average Bonchev–Trinajstić information content (AvgIpc) is 1.62. The van der Waals surface area contributed by atoms with Gasteiger partial charge in [0.25, 0.3) is 0 Å².